The molecule has 5 rings (SSSR count). The van der Waals surface area contributed by atoms with Crippen molar-refractivity contribution >= 4 is 33.3 Å². The summed E-state index contributed by atoms with van der Waals surface area (Å²) in [4.78, 5) is 23.1. The summed E-state index contributed by atoms with van der Waals surface area (Å²) in [6, 6.07) is 30.3. The number of pyridine rings is 1. The van der Waals surface area contributed by atoms with E-state index in [1.165, 1.54) is 0 Å². The van der Waals surface area contributed by atoms with Crippen molar-refractivity contribution in [3.8, 4) is 10.6 Å². The highest BCUT2D eigenvalue weighted by Gasteiger charge is 2.19. The molecule has 0 radical (unpaired) electrons. The summed E-state index contributed by atoms with van der Waals surface area (Å²) >= 11 is 1.57. The third kappa shape index (κ3) is 4.69. The van der Waals surface area contributed by atoms with Crippen LogP contribution in [0.3, 0.4) is 0 Å². The van der Waals surface area contributed by atoms with Crippen molar-refractivity contribution in [1.82, 2.24) is 9.97 Å². The van der Waals surface area contributed by atoms with E-state index in [0.717, 1.165) is 43.3 Å². The number of thiazole rings is 1. The Morgan fingerprint density at radius 2 is 1.61 bits per heavy atom. The van der Waals surface area contributed by atoms with Crippen molar-refractivity contribution in [3.05, 3.63) is 114 Å². The Labute approximate surface area is 197 Å². The second-order valence-electron chi connectivity index (χ2n) is 8.00. The van der Waals surface area contributed by atoms with Crippen molar-refractivity contribution in [1.29, 1.82) is 0 Å². The predicted octanol–water partition coefficient (Wildman–Crippen LogP) is 6.83. The molecule has 0 unspecified atom stereocenters. The molecule has 0 spiro atoms. The molecule has 1 N–H and O–H groups in total. The van der Waals surface area contributed by atoms with E-state index in [9.17, 15) is 4.79 Å². The summed E-state index contributed by atoms with van der Waals surface area (Å²) in [5, 5.41) is 4.05. The second kappa shape index (κ2) is 9.35. The third-order valence-electron chi connectivity index (χ3n) is 5.71. The normalized spacial score (nSPS) is 11.1. The van der Waals surface area contributed by atoms with Crippen LogP contribution in [-0.2, 0) is 4.79 Å². The molecule has 162 valence electrons. The first-order valence-corrected chi connectivity index (χ1v) is 11.7. The molecule has 2 aromatic heterocycles. The van der Waals surface area contributed by atoms with Crippen LogP contribution in [0, 0.1) is 6.92 Å². The number of anilines is 1. The molecule has 0 atom stereocenters. The number of hydrogen-bond donors (Lipinski definition) is 1. The first kappa shape index (κ1) is 21.0. The maximum absolute atomic E-state index is 13.1. The van der Waals surface area contributed by atoms with Crippen LogP contribution in [0.1, 0.15) is 29.0 Å². The molecule has 0 aliphatic heterocycles. The summed E-state index contributed by atoms with van der Waals surface area (Å²) in [6.07, 6.45) is 2.16. The summed E-state index contributed by atoms with van der Waals surface area (Å²) in [5.74, 6) is -0.00466. The number of nitrogens with one attached hydrogen (secondary N) is 1. The number of amides is 1. The second-order valence-corrected chi connectivity index (χ2v) is 8.98. The van der Waals surface area contributed by atoms with Crippen molar-refractivity contribution in [3.63, 3.8) is 0 Å². The van der Waals surface area contributed by atoms with Gasteiger partial charge in [-0.15, -0.1) is 0 Å². The van der Waals surface area contributed by atoms with E-state index in [1.807, 2.05) is 67.6 Å². The van der Waals surface area contributed by atoms with Crippen LogP contribution in [0.4, 0.5) is 5.69 Å². The lowest BCUT2D eigenvalue weighted by Crippen LogP contribution is -2.17. The first-order valence-electron chi connectivity index (χ1n) is 10.9. The van der Waals surface area contributed by atoms with Gasteiger partial charge in [-0.2, -0.15) is 0 Å². The Morgan fingerprint density at radius 3 is 2.24 bits per heavy atom. The highest BCUT2D eigenvalue weighted by molar-refractivity contribution is 7.21. The zero-order valence-electron chi connectivity index (χ0n) is 18.2. The average molecular weight is 450 g/mol. The summed E-state index contributed by atoms with van der Waals surface area (Å²) < 4.78 is 0. The molecule has 0 saturated heterocycles. The SMILES string of the molecule is Cc1cc(-c2nc3cccnc3s2)ccc1NC(=O)CC(c1ccccc1)c1ccccc1. The minimum atomic E-state index is -0.00672. The number of carbonyl (C=O) groups excluding carboxylic acids is 1. The monoisotopic (exact) mass is 449 g/mol. The Bertz CT molecular complexity index is 1320. The maximum atomic E-state index is 13.1. The fraction of sp³-hybridized carbons (Fsp3) is 0.107. The van der Waals surface area contributed by atoms with Crippen LogP contribution in [0.2, 0.25) is 0 Å². The van der Waals surface area contributed by atoms with Gasteiger partial charge in [0.1, 0.15) is 15.4 Å². The largest absolute Gasteiger partial charge is 0.326 e. The molecule has 2 heterocycles. The number of carbonyl (C=O) groups is 1. The topological polar surface area (TPSA) is 54.9 Å². The predicted molar refractivity (Wildman–Crippen MR) is 136 cm³/mol. The molecule has 5 aromatic rings. The lowest BCUT2D eigenvalue weighted by molar-refractivity contribution is -0.116. The van der Waals surface area contributed by atoms with E-state index >= 15 is 0 Å². The molecular formula is C28H23N3OS. The number of hydrogen-bond acceptors (Lipinski definition) is 4. The van der Waals surface area contributed by atoms with Gasteiger partial charge in [0.05, 0.1) is 0 Å². The molecule has 0 aliphatic carbocycles. The first-order chi connectivity index (χ1) is 16.2. The molecule has 5 heteroatoms. The zero-order chi connectivity index (χ0) is 22.6. The van der Waals surface area contributed by atoms with Gasteiger partial charge in [-0.05, 0) is 53.9 Å². The fourth-order valence-electron chi connectivity index (χ4n) is 4.02. The number of benzene rings is 3. The lowest BCUT2D eigenvalue weighted by Gasteiger charge is -2.18. The van der Waals surface area contributed by atoms with Gasteiger partial charge in [0, 0.05) is 29.8 Å². The zero-order valence-corrected chi connectivity index (χ0v) is 19.0. The van der Waals surface area contributed by atoms with Crippen molar-refractivity contribution in [2.24, 2.45) is 0 Å². The van der Waals surface area contributed by atoms with Gasteiger partial charge in [-0.25, -0.2) is 9.97 Å². The summed E-state index contributed by atoms with van der Waals surface area (Å²) in [6.45, 7) is 2.01. The molecule has 0 fully saturated rings. The molecule has 4 nitrogen and oxygen atoms in total. The van der Waals surface area contributed by atoms with Gasteiger partial charge < -0.3 is 5.32 Å². The van der Waals surface area contributed by atoms with Gasteiger partial charge in [0.25, 0.3) is 0 Å². The van der Waals surface area contributed by atoms with E-state index in [1.54, 1.807) is 17.5 Å². The molecule has 0 saturated carbocycles. The molecule has 33 heavy (non-hydrogen) atoms. The number of aryl methyl sites for hydroxylation is 1. The molecule has 3 aromatic carbocycles. The van der Waals surface area contributed by atoms with Crippen LogP contribution in [-0.4, -0.2) is 15.9 Å². The van der Waals surface area contributed by atoms with Crippen LogP contribution in [0.5, 0.6) is 0 Å². The summed E-state index contributed by atoms with van der Waals surface area (Å²) in [7, 11) is 0. The standard InChI is InChI=1S/C28H23N3OS/c1-19-17-22(27-31-25-13-8-16-29-28(25)33-27)14-15-24(19)30-26(32)18-23(20-9-4-2-5-10-20)21-11-6-3-7-12-21/h2-17,23H,18H2,1H3,(H,30,32). The van der Waals surface area contributed by atoms with E-state index in [0.29, 0.717) is 6.42 Å². The average Bonchev–Trinajstić information content (AvgIpc) is 3.29. The third-order valence-corrected chi connectivity index (χ3v) is 6.74. The van der Waals surface area contributed by atoms with Crippen LogP contribution < -0.4 is 5.32 Å². The van der Waals surface area contributed by atoms with E-state index in [2.05, 4.69) is 45.6 Å². The minimum absolute atomic E-state index is 0.00206. The maximum Gasteiger partial charge on any atom is 0.225 e. The molecule has 0 bridgehead atoms. The van der Waals surface area contributed by atoms with Gasteiger partial charge in [0.2, 0.25) is 5.91 Å². The molecule has 1 amide bonds. The van der Waals surface area contributed by atoms with Gasteiger partial charge in [-0.1, -0.05) is 72.0 Å². The number of rotatable bonds is 6. The van der Waals surface area contributed by atoms with Crippen molar-refractivity contribution < 1.29 is 4.79 Å². The highest BCUT2D eigenvalue weighted by Crippen LogP contribution is 2.32. The quantitative estimate of drug-likeness (QED) is 0.309. The Hall–Kier alpha value is -3.83. The smallest absolute Gasteiger partial charge is 0.225 e. The summed E-state index contributed by atoms with van der Waals surface area (Å²) in [5.41, 5.74) is 6.03. The van der Waals surface area contributed by atoms with Crippen LogP contribution >= 0.6 is 11.3 Å². The Kier molecular flexibility index (Phi) is 5.96. The minimum Gasteiger partial charge on any atom is -0.326 e. The fourth-order valence-corrected chi connectivity index (χ4v) is 4.92. The van der Waals surface area contributed by atoms with Crippen molar-refractivity contribution in [2.45, 2.75) is 19.3 Å². The van der Waals surface area contributed by atoms with Gasteiger partial charge in [0.15, 0.2) is 0 Å². The molecule has 0 aliphatic rings. The van der Waals surface area contributed by atoms with E-state index < -0.39 is 0 Å². The number of aromatic nitrogens is 2. The van der Waals surface area contributed by atoms with Crippen LogP contribution in [0.15, 0.2) is 97.2 Å². The van der Waals surface area contributed by atoms with Crippen molar-refractivity contribution in [2.75, 3.05) is 5.32 Å². The lowest BCUT2D eigenvalue weighted by atomic mass is 9.88. The van der Waals surface area contributed by atoms with E-state index in [-0.39, 0.29) is 11.8 Å². The number of nitrogens with zero attached hydrogens (tertiary/aromatic N) is 2. The highest BCUT2D eigenvalue weighted by atomic mass is 32.1. The molecular weight excluding hydrogens is 426 g/mol. The Morgan fingerprint density at radius 1 is 0.909 bits per heavy atom. The van der Waals surface area contributed by atoms with Crippen LogP contribution in [0.25, 0.3) is 20.9 Å². The number of fused-ring (bicyclic) bond motifs is 1. The van der Waals surface area contributed by atoms with E-state index in [4.69, 9.17) is 0 Å². The van der Waals surface area contributed by atoms with Gasteiger partial charge >= 0.3 is 0 Å². The Balaban J connectivity index is 1.35. The van der Waals surface area contributed by atoms with Gasteiger partial charge in [-0.3, -0.25) is 4.79 Å².